The number of likely N-dealkylation sites (tertiary alicyclic amines) is 1. The summed E-state index contributed by atoms with van der Waals surface area (Å²) in [6.07, 6.45) is 2.18. The third kappa shape index (κ3) is 1.83. The number of para-hydroxylation sites is 1. The Morgan fingerprint density at radius 1 is 1.29 bits per heavy atom. The van der Waals surface area contributed by atoms with Crippen molar-refractivity contribution < 1.29 is 9.84 Å². The van der Waals surface area contributed by atoms with Gasteiger partial charge in [0, 0.05) is 32.4 Å². The Balaban J connectivity index is 1.89. The average molecular weight is 233 g/mol. The van der Waals surface area contributed by atoms with Crippen molar-refractivity contribution in [2.24, 2.45) is 0 Å². The molecule has 0 aliphatic carbocycles. The molecule has 1 fully saturated rings. The van der Waals surface area contributed by atoms with E-state index >= 15 is 0 Å². The molecule has 17 heavy (non-hydrogen) atoms. The number of ether oxygens (including phenoxy) is 1. The van der Waals surface area contributed by atoms with E-state index in [9.17, 15) is 5.11 Å². The zero-order valence-electron chi connectivity index (χ0n) is 10.2. The smallest absolute Gasteiger partial charge is 0.137 e. The van der Waals surface area contributed by atoms with Crippen LogP contribution in [0.25, 0.3) is 0 Å². The van der Waals surface area contributed by atoms with Crippen LogP contribution in [-0.4, -0.2) is 41.8 Å². The van der Waals surface area contributed by atoms with Gasteiger partial charge in [0.1, 0.15) is 11.4 Å². The normalized spacial score (nSPS) is 27.5. The number of aliphatic hydroxyl groups excluding tert-OH is 1. The van der Waals surface area contributed by atoms with Gasteiger partial charge in [0.15, 0.2) is 0 Å². The highest BCUT2D eigenvalue weighted by molar-refractivity contribution is 5.37. The monoisotopic (exact) mass is 233 g/mol. The molecule has 3 nitrogen and oxygen atoms in total. The highest BCUT2D eigenvalue weighted by Gasteiger charge is 2.45. The molecule has 1 atom stereocenters. The largest absolute Gasteiger partial charge is 0.484 e. The van der Waals surface area contributed by atoms with Gasteiger partial charge in [-0.05, 0) is 18.7 Å². The zero-order chi connectivity index (χ0) is 11.9. The first-order valence-corrected chi connectivity index (χ1v) is 6.33. The minimum atomic E-state index is -0.369. The van der Waals surface area contributed by atoms with Crippen molar-refractivity contribution >= 4 is 0 Å². The van der Waals surface area contributed by atoms with Gasteiger partial charge in [-0.2, -0.15) is 0 Å². The molecule has 2 aliphatic rings. The van der Waals surface area contributed by atoms with Crippen molar-refractivity contribution in [1.29, 1.82) is 0 Å². The number of hydrogen-bond donors (Lipinski definition) is 1. The van der Waals surface area contributed by atoms with Gasteiger partial charge < -0.3 is 14.7 Å². The minimum Gasteiger partial charge on any atom is -0.484 e. The molecule has 1 spiro atoms. The lowest BCUT2D eigenvalue weighted by molar-refractivity contribution is -0.0974. The Morgan fingerprint density at radius 2 is 2.00 bits per heavy atom. The molecule has 0 saturated carbocycles. The Kier molecular flexibility index (Phi) is 2.60. The fourth-order valence-corrected chi connectivity index (χ4v) is 2.89. The molecule has 1 aromatic carbocycles. The van der Waals surface area contributed by atoms with Crippen molar-refractivity contribution in [1.82, 2.24) is 4.90 Å². The molecule has 2 heterocycles. The number of hydrogen-bond acceptors (Lipinski definition) is 3. The van der Waals surface area contributed by atoms with Crippen LogP contribution in [0, 0.1) is 0 Å². The standard InChI is InChI=1S/C14H19NO2/c1-15-8-6-14(7-9-15)13(16)10-11-4-2-3-5-12(11)17-14/h2-5,13,16H,6-10H2,1H3. The first kappa shape index (κ1) is 11.1. The van der Waals surface area contributed by atoms with Crippen LogP contribution in [0.4, 0.5) is 0 Å². The number of piperidine rings is 1. The predicted octanol–water partition coefficient (Wildman–Crippen LogP) is 1.45. The summed E-state index contributed by atoms with van der Waals surface area (Å²) >= 11 is 0. The Bertz CT molecular complexity index is 410. The first-order chi connectivity index (χ1) is 8.20. The number of aliphatic hydroxyl groups is 1. The van der Waals surface area contributed by atoms with E-state index in [0.29, 0.717) is 0 Å². The number of benzene rings is 1. The van der Waals surface area contributed by atoms with Gasteiger partial charge in [-0.3, -0.25) is 0 Å². The second kappa shape index (κ2) is 4.00. The van der Waals surface area contributed by atoms with Crippen molar-refractivity contribution in [2.75, 3.05) is 20.1 Å². The van der Waals surface area contributed by atoms with Crippen molar-refractivity contribution in [3.8, 4) is 5.75 Å². The number of nitrogens with zero attached hydrogens (tertiary/aromatic N) is 1. The van der Waals surface area contributed by atoms with E-state index in [-0.39, 0.29) is 11.7 Å². The predicted molar refractivity (Wildman–Crippen MR) is 66.2 cm³/mol. The number of rotatable bonds is 0. The third-order valence-corrected chi connectivity index (χ3v) is 4.14. The van der Waals surface area contributed by atoms with E-state index in [1.807, 2.05) is 24.3 Å². The second-order valence-corrected chi connectivity index (χ2v) is 5.30. The lowest BCUT2D eigenvalue weighted by Gasteiger charge is -2.46. The van der Waals surface area contributed by atoms with Gasteiger partial charge in [0.05, 0.1) is 6.10 Å². The number of fused-ring (bicyclic) bond motifs is 1. The third-order valence-electron chi connectivity index (χ3n) is 4.14. The molecule has 0 radical (unpaired) electrons. The summed E-state index contributed by atoms with van der Waals surface area (Å²) in [5, 5.41) is 10.4. The van der Waals surface area contributed by atoms with E-state index in [4.69, 9.17) is 4.74 Å². The summed E-state index contributed by atoms with van der Waals surface area (Å²) in [6.45, 7) is 2.00. The lowest BCUT2D eigenvalue weighted by Crippen LogP contribution is -2.57. The van der Waals surface area contributed by atoms with E-state index < -0.39 is 0 Å². The quantitative estimate of drug-likeness (QED) is 0.736. The molecule has 3 heteroatoms. The molecule has 1 aromatic rings. The first-order valence-electron chi connectivity index (χ1n) is 6.33. The Hall–Kier alpha value is -1.06. The Labute approximate surface area is 102 Å². The summed E-state index contributed by atoms with van der Waals surface area (Å²) < 4.78 is 6.14. The van der Waals surface area contributed by atoms with E-state index in [1.54, 1.807) is 0 Å². The molecule has 92 valence electrons. The maximum atomic E-state index is 10.4. The van der Waals surface area contributed by atoms with Crippen molar-refractivity contribution in [3.05, 3.63) is 29.8 Å². The summed E-state index contributed by atoms with van der Waals surface area (Å²) in [7, 11) is 2.12. The molecule has 0 bridgehead atoms. The van der Waals surface area contributed by atoms with Crippen LogP contribution in [0.5, 0.6) is 5.75 Å². The Morgan fingerprint density at radius 3 is 2.76 bits per heavy atom. The summed E-state index contributed by atoms with van der Waals surface area (Å²) in [6, 6.07) is 8.06. The molecule has 2 aliphatic heterocycles. The van der Waals surface area contributed by atoms with Crippen LogP contribution < -0.4 is 4.74 Å². The van der Waals surface area contributed by atoms with Gasteiger partial charge >= 0.3 is 0 Å². The van der Waals surface area contributed by atoms with Crippen LogP contribution in [0.2, 0.25) is 0 Å². The van der Waals surface area contributed by atoms with Crippen LogP contribution in [0.3, 0.4) is 0 Å². The van der Waals surface area contributed by atoms with E-state index in [2.05, 4.69) is 11.9 Å². The average Bonchev–Trinajstić information content (AvgIpc) is 2.34. The molecule has 3 rings (SSSR count). The topological polar surface area (TPSA) is 32.7 Å². The van der Waals surface area contributed by atoms with Crippen molar-refractivity contribution in [3.63, 3.8) is 0 Å². The van der Waals surface area contributed by atoms with E-state index in [0.717, 1.165) is 43.7 Å². The molecular formula is C14H19NO2. The molecule has 0 aromatic heterocycles. The van der Waals surface area contributed by atoms with Crippen LogP contribution >= 0.6 is 0 Å². The van der Waals surface area contributed by atoms with Gasteiger partial charge in [-0.25, -0.2) is 0 Å². The van der Waals surface area contributed by atoms with Gasteiger partial charge in [0.2, 0.25) is 0 Å². The second-order valence-electron chi connectivity index (χ2n) is 5.30. The van der Waals surface area contributed by atoms with E-state index in [1.165, 1.54) is 0 Å². The highest BCUT2D eigenvalue weighted by atomic mass is 16.5. The molecule has 1 N–H and O–H groups in total. The molecule has 0 amide bonds. The highest BCUT2D eigenvalue weighted by Crippen LogP contribution is 2.39. The maximum Gasteiger partial charge on any atom is 0.137 e. The lowest BCUT2D eigenvalue weighted by atomic mass is 9.81. The minimum absolute atomic E-state index is 0.346. The van der Waals surface area contributed by atoms with Crippen LogP contribution in [0.15, 0.2) is 24.3 Å². The summed E-state index contributed by atoms with van der Waals surface area (Å²) in [5.74, 6) is 0.961. The molecule has 1 saturated heterocycles. The van der Waals surface area contributed by atoms with Crippen molar-refractivity contribution in [2.45, 2.75) is 31.0 Å². The fourth-order valence-electron chi connectivity index (χ4n) is 2.89. The molecule has 1 unspecified atom stereocenters. The molecular weight excluding hydrogens is 214 g/mol. The van der Waals surface area contributed by atoms with Crippen LogP contribution in [0.1, 0.15) is 18.4 Å². The van der Waals surface area contributed by atoms with Gasteiger partial charge in [-0.15, -0.1) is 0 Å². The maximum absolute atomic E-state index is 10.4. The summed E-state index contributed by atoms with van der Waals surface area (Å²) in [5.41, 5.74) is 0.783. The SMILES string of the molecule is CN1CCC2(CC1)Oc1ccccc1CC2O. The van der Waals surface area contributed by atoms with Crippen LogP contribution in [-0.2, 0) is 6.42 Å². The van der Waals surface area contributed by atoms with Gasteiger partial charge in [0.25, 0.3) is 0 Å². The summed E-state index contributed by atoms with van der Waals surface area (Å²) in [4.78, 5) is 2.29. The van der Waals surface area contributed by atoms with Gasteiger partial charge in [-0.1, -0.05) is 18.2 Å². The fraction of sp³-hybridized carbons (Fsp3) is 0.571. The zero-order valence-corrected chi connectivity index (χ0v) is 10.2.